The number of pyridine rings is 1. The Labute approximate surface area is 185 Å². The first kappa shape index (κ1) is 20.6. The van der Waals surface area contributed by atoms with Crippen molar-refractivity contribution in [2.45, 2.75) is 27.2 Å². The molecule has 0 spiro atoms. The minimum absolute atomic E-state index is 0.0165. The van der Waals surface area contributed by atoms with Gasteiger partial charge in [0.05, 0.1) is 5.69 Å². The molecule has 0 unspecified atom stereocenters. The lowest BCUT2D eigenvalue weighted by molar-refractivity contribution is 0.0912. The molecule has 0 atom stereocenters. The van der Waals surface area contributed by atoms with Crippen molar-refractivity contribution in [3.05, 3.63) is 76.0 Å². The zero-order valence-electron chi connectivity index (χ0n) is 17.0. The van der Waals surface area contributed by atoms with Gasteiger partial charge in [0.1, 0.15) is 0 Å². The quantitative estimate of drug-likeness (QED) is 0.298. The number of carbonyl (C=O) groups excluding carboxylic acids is 1. The molecule has 4 aromatic rings. The Morgan fingerprint density at radius 1 is 1.03 bits per heavy atom. The van der Waals surface area contributed by atoms with Crippen molar-refractivity contribution in [1.82, 2.24) is 4.98 Å². The highest BCUT2D eigenvalue weighted by molar-refractivity contribution is 6.33. The molecular weight excluding hydrogens is 417 g/mol. The third-order valence-electron chi connectivity index (χ3n) is 5.17. The molecule has 0 radical (unpaired) electrons. The summed E-state index contributed by atoms with van der Waals surface area (Å²) in [4.78, 5) is 17.6. The minimum Gasteiger partial charge on any atom is -0.434 e. The van der Waals surface area contributed by atoms with Crippen molar-refractivity contribution in [3.8, 4) is 22.4 Å². The van der Waals surface area contributed by atoms with Crippen LogP contribution in [0.4, 0.5) is 0 Å². The number of furan rings is 1. The molecule has 0 bridgehead atoms. The van der Waals surface area contributed by atoms with E-state index >= 15 is 0 Å². The van der Waals surface area contributed by atoms with Crippen LogP contribution in [0.15, 0.2) is 59.0 Å². The first-order valence-electron chi connectivity index (χ1n) is 9.92. The van der Waals surface area contributed by atoms with E-state index in [1.807, 2.05) is 75.4 Å². The van der Waals surface area contributed by atoms with Crippen LogP contribution in [0.5, 0.6) is 0 Å². The van der Waals surface area contributed by atoms with Gasteiger partial charge in [-0.1, -0.05) is 74.3 Å². The SMILES string of the molecule is CCc1c(C(=O)C(C)C)oc2nc(-c3ccccc3Cl)c(-c3ccc(Cl)cc3)cc12. The summed E-state index contributed by atoms with van der Waals surface area (Å²) in [6.45, 7) is 5.76. The highest BCUT2D eigenvalue weighted by Gasteiger charge is 2.24. The second-order valence-corrected chi connectivity index (χ2v) is 8.35. The van der Waals surface area contributed by atoms with Crippen molar-refractivity contribution in [1.29, 1.82) is 0 Å². The molecular formula is C25H21Cl2NO2. The Morgan fingerprint density at radius 2 is 1.73 bits per heavy atom. The van der Waals surface area contributed by atoms with Gasteiger partial charge >= 0.3 is 0 Å². The topological polar surface area (TPSA) is 43.1 Å². The fraction of sp³-hybridized carbons (Fsp3) is 0.200. The minimum atomic E-state index is -0.158. The summed E-state index contributed by atoms with van der Waals surface area (Å²) >= 11 is 12.6. The summed E-state index contributed by atoms with van der Waals surface area (Å²) in [5, 5.41) is 2.11. The lowest BCUT2D eigenvalue weighted by atomic mass is 9.96. The van der Waals surface area contributed by atoms with Gasteiger partial charge in [0.15, 0.2) is 5.76 Å². The van der Waals surface area contributed by atoms with Crippen molar-refractivity contribution < 1.29 is 9.21 Å². The molecule has 2 heterocycles. The van der Waals surface area contributed by atoms with E-state index in [9.17, 15) is 4.79 Å². The third-order valence-corrected chi connectivity index (χ3v) is 5.75. The number of Topliss-reactive ketones (excluding diaryl/α,β-unsaturated/α-hetero) is 1. The van der Waals surface area contributed by atoms with E-state index in [1.165, 1.54) is 0 Å². The predicted molar refractivity (Wildman–Crippen MR) is 123 cm³/mol. The van der Waals surface area contributed by atoms with Gasteiger partial charge in [0, 0.05) is 38.0 Å². The summed E-state index contributed by atoms with van der Waals surface area (Å²) < 4.78 is 6.00. The largest absolute Gasteiger partial charge is 0.434 e. The normalized spacial score (nSPS) is 11.4. The molecule has 0 saturated heterocycles. The summed E-state index contributed by atoms with van der Waals surface area (Å²) in [6, 6.07) is 17.2. The van der Waals surface area contributed by atoms with Crippen LogP contribution in [-0.4, -0.2) is 10.8 Å². The molecule has 3 nitrogen and oxygen atoms in total. The van der Waals surface area contributed by atoms with Crippen LogP contribution < -0.4 is 0 Å². The van der Waals surface area contributed by atoms with Crippen LogP contribution in [0.3, 0.4) is 0 Å². The number of benzene rings is 2. The number of hydrogen-bond donors (Lipinski definition) is 0. The number of aromatic nitrogens is 1. The summed E-state index contributed by atoms with van der Waals surface area (Å²) in [7, 11) is 0. The Kier molecular flexibility index (Phi) is 5.68. The van der Waals surface area contributed by atoms with Crippen LogP contribution in [0.2, 0.25) is 10.0 Å². The third kappa shape index (κ3) is 3.64. The molecule has 0 aliphatic carbocycles. The molecule has 4 rings (SSSR count). The van der Waals surface area contributed by atoms with Crippen molar-refractivity contribution in [2.24, 2.45) is 5.92 Å². The van der Waals surface area contributed by atoms with E-state index in [1.54, 1.807) is 0 Å². The maximum absolute atomic E-state index is 12.7. The van der Waals surface area contributed by atoms with Crippen LogP contribution >= 0.6 is 23.2 Å². The molecule has 0 fully saturated rings. The van der Waals surface area contributed by atoms with Gasteiger partial charge in [-0.05, 0) is 36.2 Å². The van der Waals surface area contributed by atoms with Gasteiger partial charge < -0.3 is 4.42 Å². The van der Waals surface area contributed by atoms with Crippen LogP contribution in [0.1, 0.15) is 36.9 Å². The fourth-order valence-corrected chi connectivity index (χ4v) is 3.94. The van der Waals surface area contributed by atoms with Crippen molar-refractivity contribution in [2.75, 3.05) is 0 Å². The first-order valence-corrected chi connectivity index (χ1v) is 10.7. The number of nitrogens with zero attached hydrogens (tertiary/aromatic N) is 1. The lowest BCUT2D eigenvalue weighted by Gasteiger charge is -2.11. The van der Waals surface area contributed by atoms with Crippen LogP contribution in [0.25, 0.3) is 33.5 Å². The van der Waals surface area contributed by atoms with Crippen LogP contribution in [-0.2, 0) is 6.42 Å². The van der Waals surface area contributed by atoms with E-state index in [4.69, 9.17) is 32.6 Å². The Bertz CT molecular complexity index is 1240. The number of hydrogen-bond acceptors (Lipinski definition) is 3. The number of aryl methyl sites for hydroxylation is 1. The standard InChI is InChI=1S/C25H21Cl2NO2/c1-4-17-20-13-19(15-9-11-16(26)12-10-15)22(18-7-5-6-8-21(18)27)28-25(20)30-24(17)23(29)14(2)3/h5-14H,4H2,1-3H3. The number of halogens is 2. The van der Waals surface area contributed by atoms with Gasteiger partial charge in [-0.3, -0.25) is 4.79 Å². The van der Waals surface area contributed by atoms with Gasteiger partial charge in [-0.25, -0.2) is 4.98 Å². The fourth-order valence-electron chi connectivity index (χ4n) is 3.59. The Balaban J connectivity index is 2.05. The number of fused-ring (bicyclic) bond motifs is 1. The summed E-state index contributed by atoms with van der Waals surface area (Å²) in [5.74, 6) is 0.222. The highest BCUT2D eigenvalue weighted by atomic mass is 35.5. The Hall–Kier alpha value is -2.62. The highest BCUT2D eigenvalue weighted by Crippen LogP contribution is 2.39. The molecule has 0 saturated carbocycles. The molecule has 0 aliphatic rings. The zero-order chi connectivity index (χ0) is 21.4. The average Bonchev–Trinajstić information content (AvgIpc) is 3.10. The number of carbonyl (C=O) groups is 1. The molecule has 152 valence electrons. The summed E-state index contributed by atoms with van der Waals surface area (Å²) in [5.41, 5.74) is 4.71. The predicted octanol–water partition coefficient (Wildman–Crippen LogP) is 7.87. The van der Waals surface area contributed by atoms with E-state index in [2.05, 4.69) is 0 Å². The molecule has 0 amide bonds. The number of ketones is 1. The van der Waals surface area contributed by atoms with E-state index in [-0.39, 0.29) is 11.7 Å². The monoisotopic (exact) mass is 437 g/mol. The summed E-state index contributed by atoms with van der Waals surface area (Å²) in [6.07, 6.45) is 0.675. The average molecular weight is 438 g/mol. The smallest absolute Gasteiger partial charge is 0.227 e. The molecule has 30 heavy (non-hydrogen) atoms. The van der Waals surface area contributed by atoms with Gasteiger partial charge in [0.25, 0.3) is 0 Å². The molecule has 0 N–H and O–H groups in total. The second-order valence-electron chi connectivity index (χ2n) is 7.51. The van der Waals surface area contributed by atoms with Crippen molar-refractivity contribution in [3.63, 3.8) is 0 Å². The first-order chi connectivity index (χ1) is 14.4. The maximum atomic E-state index is 12.7. The molecule has 0 aliphatic heterocycles. The maximum Gasteiger partial charge on any atom is 0.227 e. The Morgan fingerprint density at radius 3 is 2.37 bits per heavy atom. The molecule has 2 aromatic carbocycles. The van der Waals surface area contributed by atoms with Crippen molar-refractivity contribution >= 4 is 40.1 Å². The van der Waals surface area contributed by atoms with E-state index in [0.29, 0.717) is 33.6 Å². The number of rotatable bonds is 5. The van der Waals surface area contributed by atoms with Gasteiger partial charge in [-0.2, -0.15) is 0 Å². The van der Waals surface area contributed by atoms with Gasteiger partial charge in [-0.15, -0.1) is 0 Å². The van der Waals surface area contributed by atoms with E-state index < -0.39 is 0 Å². The molecule has 2 aromatic heterocycles. The van der Waals surface area contributed by atoms with Gasteiger partial charge in [0.2, 0.25) is 11.5 Å². The lowest BCUT2D eigenvalue weighted by Crippen LogP contribution is -2.08. The van der Waals surface area contributed by atoms with Crippen LogP contribution in [0, 0.1) is 5.92 Å². The van der Waals surface area contributed by atoms with E-state index in [0.717, 1.165) is 27.6 Å². The molecule has 5 heteroatoms. The second kappa shape index (κ2) is 8.25. The zero-order valence-corrected chi connectivity index (χ0v) is 18.5.